The van der Waals surface area contributed by atoms with Crippen LogP contribution >= 0.6 is 23.4 Å². The van der Waals surface area contributed by atoms with E-state index in [9.17, 15) is 19.5 Å². The Labute approximate surface area is 263 Å². The van der Waals surface area contributed by atoms with Crippen molar-refractivity contribution in [2.45, 2.75) is 54.7 Å². The molecule has 9 heteroatoms. The highest BCUT2D eigenvalue weighted by Crippen LogP contribution is 2.67. The van der Waals surface area contributed by atoms with E-state index in [0.29, 0.717) is 36.6 Å². The van der Waals surface area contributed by atoms with E-state index in [1.54, 1.807) is 62.9 Å². The van der Waals surface area contributed by atoms with Crippen LogP contribution < -0.4 is 4.90 Å². The van der Waals surface area contributed by atoms with Gasteiger partial charge in [-0.05, 0) is 55.5 Å². The van der Waals surface area contributed by atoms with Gasteiger partial charge in [-0.1, -0.05) is 61.0 Å². The Morgan fingerprint density at radius 2 is 1.81 bits per heavy atom. The first-order valence-electron chi connectivity index (χ1n) is 15.0. The number of carbonyl (C=O) groups is 3. The molecule has 2 unspecified atom stereocenters. The first-order valence-corrected chi connectivity index (χ1v) is 16.3. The predicted molar refractivity (Wildman–Crippen MR) is 173 cm³/mol. The van der Waals surface area contributed by atoms with E-state index >= 15 is 0 Å². The number of hydrogen-bond donors (Lipinski definition) is 1. The SMILES string of the molecule is C=CCN(CCC)C(=O)[C@@H]1[C@@H]2CCC3(S2)C(C(=O)N(CC=C)c2ccc(Cl)cc2)N([C@@H](CO)Cc2ccccc2)C(=O)[C@H]13. The molecular weight excluding hydrogens is 582 g/mol. The number of halogens is 1. The van der Waals surface area contributed by atoms with Crippen molar-refractivity contribution in [2.75, 3.05) is 31.1 Å². The van der Waals surface area contributed by atoms with Crippen molar-refractivity contribution >= 4 is 46.8 Å². The summed E-state index contributed by atoms with van der Waals surface area (Å²) in [4.78, 5) is 48.7. The molecule has 3 heterocycles. The number of thioether (sulfide) groups is 1. The van der Waals surface area contributed by atoms with Gasteiger partial charge in [-0.25, -0.2) is 0 Å². The summed E-state index contributed by atoms with van der Waals surface area (Å²) >= 11 is 7.81. The van der Waals surface area contributed by atoms with E-state index in [4.69, 9.17) is 11.6 Å². The van der Waals surface area contributed by atoms with Crippen LogP contribution in [-0.4, -0.2) is 80.9 Å². The number of fused-ring (bicyclic) bond motifs is 1. The van der Waals surface area contributed by atoms with Crippen LogP contribution in [0.3, 0.4) is 0 Å². The molecule has 228 valence electrons. The summed E-state index contributed by atoms with van der Waals surface area (Å²) in [5, 5.41) is 11.3. The number of hydrogen-bond acceptors (Lipinski definition) is 5. The third kappa shape index (κ3) is 5.65. The molecule has 3 aliphatic heterocycles. The quantitative estimate of drug-likeness (QED) is 0.319. The van der Waals surface area contributed by atoms with Gasteiger partial charge in [0.1, 0.15) is 6.04 Å². The first-order chi connectivity index (χ1) is 20.8. The summed E-state index contributed by atoms with van der Waals surface area (Å²) < 4.78 is -0.777. The number of amides is 3. The molecular formula is C34H40ClN3O4S. The number of benzene rings is 2. The Hall–Kier alpha value is -3.07. The van der Waals surface area contributed by atoms with Crippen LogP contribution in [0.4, 0.5) is 5.69 Å². The Morgan fingerprint density at radius 3 is 2.44 bits per heavy atom. The molecule has 2 aromatic rings. The number of rotatable bonds is 13. The normalized spacial score (nSPS) is 26.2. The molecule has 0 radical (unpaired) electrons. The van der Waals surface area contributed by atoms with Crippen LogP contribution in [0, 0.1) is 11.8 Å². The van der Waals surface area contributed by atoms with Gasteiger partial charge in [0.05, 0.1) is 29.2 Å². The molecule has 1 N–H and O–H groups in total. The average Bonchev–Trinajstić information content (AvgIpc) is 3.66. The third-order valence-corrected chi connectivity index (χ3v) is 11.2. The van der Waals surface area contributed by atoms with Crippen molar-refractivity contribution in [3.05, 3.63) is 90.5 Å². The van der Waals surface area contributed by atoms with Crippen LogP contribution in [0.5, 0.6) is 0 Å². The minimum absolute atomic E-state index is 0.0449. The smallest absolute Gasteiger partial charge is 0.251 e. The molecule has 5 rings (SSSR count). The maximum absolute atomic E-state index is 14.8. The van der Waals surface area contributed by atoms with Gasteiger partial charge in [0.2, 0.25) is 11.8 Å². The van der Waals surface area contributed by atoms with E-state index in [1.165, 1.54) is 0 Å². The summed E-state index contributed by atoms with van der Waals surface area (Å²) in [5.41, 5.74) is 1.61. The molecule has 3 aliphatic rings. The Bertz CT molecular complexity index is 1360. The van der Waals surface area contributed by atoms with E-state index < -0.39 is 28.7 Å². The third-order valence-electron chi connectivity index (χ3n) is 9.05. The molecule has 3 saturated heterocycles. The lowest BCUT2D eigenvalue weighted by molar-refractivity contribution is -0.145. The highest BCUT2D eigenvalue weighted by Gasteiger charge is 2.74. The minimum Gasteiger partial charge on any atom is -0.394 e. The molecule has 3 fully saturated rings. The van der Waals surface area contributed by atoms with Crippen LogP contribution in [0.1, 0.15) is 31.7 Å². The van der Waals surface area contributed by atoms with Crippen LogP contribution in [0.25, 0.3) is 0 Å². The van der Waals surface area contributed by atoms with Crippen LogP contribution in [-0.2, 0) is 20.8 Å². The lowest BCUT2D eigenvalue weighted by Crippen LogP contribution is -2.58. The largest absolute Gasteiger partial charge is 0.394 e. The maximum atomic E-state index is 14.8. The fraction of sp³-hybridized carbons (Fsp3) is 0.441. The van der Waals surface area contributed by atoms with Crippen molar-refractivity contribution < 1.29 is 19.5 Å². The fourth-order valence-corrected chi connectivity index (χ4v) is 9.65. The monoisotopic (exact) mass is 621 g/mol. The topological polar surface area (TPSA) is 81.2 Å². The lowest BCUT2D eigenvalue weighted by Gasteiger charge is -2.39. The van der Waals surface area contributed by atoms with Crippen LogP contribution in [0.15, 0.2) is 79.9 Å². The predicted octanol–water partition coefficient (Wildman–Crippen LogP) is 4.98. The van der Waals surface area contributed by atoms with Gasteiger partial charge in [-0.15, -0.1) is 24.9 Å². The number of likely N-dealkylation sites (tertiary alicyclic amines) is 1. The summed E-state index contributed by atoms with van der Waals surface area (Å²) in [6, 6.07) is 15.2. The van der Waals surface area contributed by atoms with Crippen molar-refractivity contribution in [3.63, 3.8) is 0 Å². The number of aliphatic hydroxyl groups excluding tert-OH is 1. The highest BCUT2D eigenvalue weighted by atomic mass is 35.5. The number of carbonyl (C=O) groups excluding carboxylic acids is 3. The molecule has 2 bridgehead atoms. The summed E-state index contributed by atoms with van der Waals surface area (Å²) in [5.74, 6) is -1.68. The Balaban J connectivity index is 1.60. The summed E-state index contributed by atoms with van der Waals surface area (Å²) in [6.07, 6.45) is 5.98. The minimum atomic E-state index is -0.853. The zero-order valence-corrected chi connectivity index (χ0v) is 26.2. The molecule has 3 amide bonds. The molecule has 0 saturated carbocycles. The van der Waals surface area contributed by atoms with Gasteiger partial charge < -0.3 is 19.8 Å². The zero-order valence-electron chi connectivity index (χ0n) is 24.6. The number of anilines is 1. The van der Waals surface area contributed by atoms with Crippen molar-refractivity contribution in [1.82, 2.24) is 9.80 Å². The van der Waals surface area contributed by atoms with Gasteiger partial charge in [0, 0.05) is 35.6 Å². The van der Waals surface area contributed by atoms with Gasteiger partial charge in [0.25, 0.3) is 5.91 Å². The second-order valence-electron chi connectivity index (χ2n) is 11.6. The Kier molecular flexibility index (Phi) is 9.69. The molecule has 6 atom stereocenters. The molecule has 0 aromatic heterocycles. The van der Waals surface area contributed by atoms with Crippen LogP contribution in [0.2, 0.25) is 5.02 Å². The second kappa shape index (κ2) is 13.3. The average molecular weight is 622 g/mol. The van der Waals surface area contributed by atoms with E-state index in [2.05, 4.69) is 13.2 Å². The molecule has 43 heavy (non-hydrogen) atoms. The summed E-state index contributed by atoms with van der Waals surface area (Å²) in [7, 11) is 0. The molecule has 1 spiro atoms. The van der Waals surface area contributed by atoms with Gasteiger partial charge in [-0.2, -0.15) is 0 Å². The Morgan fingerprint density at radius 1 is 1.12 bits per heavy atom. The first kappa shape index (κ1) is 31.4. The van der Waals surface area contributed by atoms with E-state index in [1.807, 2.05) is 37.3 Å². The maximum Gasteiger partial charge on any atom is 0.251 e. The lowest BCUT2D eigenvalue weighted by atomic mass is 9.70. The van der Waals surface area contributed by atoms with Gasteiger partial charge in [0.15, 0.2) is 0 Å². The van der Waals surface area contributed by atoms with Gasteiger partial charge in [-0.3, -0.25) is 14.4 Å². The van der Waals surface area contributed by atoms with Crippen molar-refractivity contribution in [2.24, 2.45) is 11.8 Å². The summed E-state index contributed by atoms with van der Waals surface area (Å²) in [6.45, 7) is 10.7. The molecule has 2 aromatic carbocycles. The van der Waals surface area contributed by atoms with Crippen molar-refractivity contribution in [1.29, 1.82) is 0 Å². The molecule has 7 nitrogen and oxygen atoms in total. The number of aliphatic hydroxyl groups is 1. The fourth-order valence-electron chi connectivity index (χ4n) is 7.33. The molecule has 0 aliphatic carbocycles. The second-order valence-corrected chi connectivity index (χ2v) is 13.7. The zero-order chi connectivity index (χ0) is 30.7. The standard InChI is InChI=1S/C34H40ClN3O4S/c1-4-18-36(19-5-2)31(40)28-27-16-17-34(43-27)29(28)32(41)38(26(22-39)21-23-10-8-7-9-11-23)30(34)33(42)37(20-6-3)25-14-12-24(35)13-15-25/h4,6-15,26-30,39H,1,3,5,16-22H2,2H3/t26-,27+,28-,29+,30?,34?/m1/s1. The highest BCUT2D eigenvalue weighted by molar-refractivity contribution is 8.02. The number of nitrogens with zero attached hydrogens (tertiary/aromatic N) is 3. The van der Waals surface area contributed by atoms with Gasteiger partial charge >= 0.3 is 0 Å². The van der Waals surface area contributed by atoms with Crippen molar-refractivity contribution in [3.8, 4) is 0 Å². The van der Waals surface area contributed by atoms with E-state index in [-0.39, 0.29) is 36.1 Å². The van der Waals surface area contributed by atoms with E-state index in [0.717, 1.165) is 18.4 Å².